The van der Waals surface area contributed by atoms with E-state index in [-0.39, 0.29) is 5.54 Å². The first kappa shape index (κ1) is 15.4. The van der Waals surface area contributed by atoms with E-state index in [1.54, 1.807) is 0 Å². The molecule has 1 aliphatic heterocycles. The zero-order valence-corrected chi connectivity index (χ0v) is 13.5. The van der Waals surface area contributed by atoms with Gasteiger partial charge in [0.05, 0.1) is 6.61 Å². The maximum absolute atomic E-state index is 5.55. The number of hydrogen-bond acceptors (Lipinski definition) is 2. The largest absolute Gasteiger partial charge is 0.493 e. The molecule has 1 atom stereocenters. The predicted molar refractivity (Wildman–Crippen MR) is 85.5 cm³/mol. The Hall–Kier alpha value is -1.02. The Balaban J connectivity index is 1.70. The van der Waals surface area contributed by atoms with Gasteiger partial charge < -0.3 is 10.1 Å². The number of hydrogen-bond donors (Lipinski definition) is 1. The number of nitrogens with one attached hydrogen (secondary N) is 1. The molecule has 112 valence electrons. The van der Waals surface area contributed by atoms with Crippen LogP contribution in [0, 0.1) is 5.92 Å². The second-order valence-electron chi connectivity index (χ2n) is 7.17. The summed E-state index contributed by atoms with van der Waals surface area (Å²) in [5.41, 5.74) is 3.09. The minimum atomic E-state index is 0.230. The zero-order chi connectivity index (χ0) is 14.6. The smallest absolute Gasteiger partial charge is 0.122 e. The van der Waals surface area contributed by atoms with Crippen LogP contribution in [0.4, 0.5) is 0 Å². The Morgan fingerprint density at radius 2 is 2.10 bits per heavy atom. The second kappa shape index (κ2) is 6.62. The van der Waals surface area contributed by atoms with Crippen molar-refractivity contribution in [2.24, 2.45) is 5.92 Å². The molecular weight excluding hydrogens is 246 g/mol. The Kier molecular flexibility index (Phi) is 5.09. The molecule has 0 amide bonds. The highest BCUT2D eigenvalue weighted by molar-refractivity contribution is 5.39. The number of benzene rings is 1. The molecule has 1 unspecified atom stereocenters. The maximum atomic E-state index is 5.55. The summed E-state index contributed by atoms with van der Waals surface area (Å²) in [6, 6.07) is 6.70. The van der Waals surface area contributed by atoms with Crippen molar-refractivity contribution >= 4 is 0 Å². The monoisotopic (exact) mass is 275 g/mol. The van der Waals surface area contributed by atoms with E-state index in [9.17, 15) is 0 Å². The third kappa shape index (κ3) is 4.82. The molecular formula is C18H29NO. The van der Waals surface area contributed by atoms with Crippen molar-refractivity contribution in [3.05, 3.63) is 29.3 Å². The summed E-state index contributed by atoms with van der Waals surface area (Å²) >= 11 is 0. The van der Waals surface area contributed by atoms with E-state index in [0.29, 0.717) is 0 Å². The minimum Gasteiger partial charge on any atom is -0.493 e. The average Bonchev–Trinajstić information content (AvgIpc) is 2.83. The van der Waals surface area contributed by atoms with Crippen molar-refractivity contribution in [2.45, 2.75) is 58.9 Å². The van der Waals surface area contributed by atoms with Crippen molar-refractivity contribution < 1.29 is 4.74 Å². The van der Waals surface area contributed by atoms with Gasteiger partial charge in [-0.2, -0.15) is 0 Å². The van der Waals surface area contributed by atoms with E-state index in [2.05, 4.69) is 51.2 Å². The molecule has 0 spiro atoms. The summed E-state index contributed by atoms with van der Waals surface area (Å²) in [7, 11) is 0. The van der Waals surface area contributed by atoms with E-state index in [0.717, 1.165) is 31.2 Å². The summed E-state index contributed by atoms with van der Waals surface area (Å²) < 4.78 is 5.55. The summed E-state index contributed by atoms with van der Waals surface area (Å²) in [5, 5.41) is 3.59. The molecule has 0 aliphatic carbocycles. The lowest BCUT2D eigenvalue weighted by molar-refractivity contribution is 0.357. The maximum Gasteiger partial charge on any atom is 0.122 e. The summed E-state index contributed by atoms with van der Waals surface area (Å²) in [6.07, 6.45) is 4.82. The fourth-order valence-electron chi connectivity index (χ4n) is 2.63. The summed E-state index contributed by atoms with van der Waals surface area (Å²) in [4.78, 5) is 0. The quantitative estimate of drug-likeness (QED) is 0.848. The van der Waals surface area contributed by atoms with Gasteiger partial charge in [0.15, 0.2) is 0 Å². The molecule has 0 aromatic heterocycles. The number of rotatable bonds is 6. The van der Waals surface area contributed by atoms with Crippen LogP contribution in [-0.4, -0.2) is 18.7 Å². The molecule has 2 nitrogen and oxygen atoms in total. The molecule has 2 heteroatoms. The Morgan fingerprint density at radius 1 is 1.30 bits per heavy atom. The fourth-order valence-corrected chi connectivity index (χ4v) is 2.63. The van der Waals surface area contributed by atoms with Gasteiger partial charge in [-0.25, -0.2) is 0 Å². The first-order valence-corrected chi connectivity index (χ1v) is 7.94. The standard InChI is InChI=1S/C18H29NO/c1-14(13-19-18(2,3)4)6-5-7-15-8-9-17-16(12-15)10-11-20-17/h8-9,12,14,19H,5-7,10-11,13H2,1-4H3. The van der Waals surface area contributed by atoms with Gasteiger partial charge in [-0.3, -0.25) is 0 Å². The molecule has 0 saturated heterocycles. The lowest BCUT2D eigenvalue weighted by Crippen LogP contribution is -2.38. The van der Waals surface area contributed by atoms with Gasteiger partial charge >= 0.3 is 0 Å². The first-order chi connectivity index (χ1) is 9.44. The SMILES string of the molecule is CC(CCCc1ccc2c(c1)CCO2)CNC(C)(C)C. The summed E-state index contributed by atoms with van der Waals surface area (Å²) in [6.45, 7) is 11.0. The van der Waals surface area contributed by atoms with Gasteiger partial charge in [0, 0.05) is 12.0 Å². The van der Waals surface area contributed by atoms with Crippen molar-refractivity contribution in [3.63, 3.8) is 0 Å². The van der Waals surface area contributed by atoms with Crippen LogP contribution in [0.2, 0.25) is 0 Å². The van der Waals surface area contributed by atoms with Crippen molar-refractivity contribution in [1.82, 2.24) is 5.32 Å². The van der Waals surface area contributed by atoms with E-state index < -0.39 is 0 Å². The molecule has 1 N–H and O–H groups in total. The van der Waals surface area contributed by atoms with Gasteiger partial charge in [0.2, 0.25) is 0 Å². The molecule has 1 aromatic rings. The Labute approximate surface area is 123 Å². The molecule has 0 bridgehead atoms. The van der Waals surface area contributed by atoms with Gasteiger partial charge in [-0.1, -0.05) is 19.1 Å². The third-order valence-electron chi connectivity index (χ3n) is 3.90. The van der Waals surface area contributed by atoms with E-state index in [1.165, 1.54) is 30.4 Å². The second-order valence-corrected chi connectivity index (χ2v) is 7.17. The van der Waals surface area contributed by atoms with Crippen LogP contribution in [0.3, 0.4) is 0 Å². The molecule has 1 aliphatic rings. The van der Waals surface area contributed by atoms with Gasteiger partial charge in [-0.15, -0.1) is 0 Å². The molecule has 20 heavy (non-hydrogen) atoms. The third-order valence-corrected chi connectivity index (χ3v) is 3.90. The van der Waals surface area contributed by atoms with Crippen molar-refractivity contribution in [1.29, 1.82) is 0 Å². The zero-order valence-electron chi connectivity index (χ0n) is 13.5. The van der Waals surface area contributed by atoms with Crippen LogP contribution in [-0.2, 0) is 12.8 Å². The molecule has 0 saturated carbocycles. The normalized spacial score (nSPS) is 15.8. The Bertz CT molecular complexity index is 434. The highest BCUT2D eigenvalue weighted by Gasteiger charge is 2.13. The van der Waals surface area contributed by atoms with E-state index in [1.807, 2.05) is 0 Å². The predicted octanol–water partition coefficient (Wildman–Crippen LogP) is 3.97. The lowest BCUT2D eigenvalue weighted by Gasteiger charge is -2.23. The number of fused-ring (bicyclic) bond motifs is 1. The fraction of sp³-hybridized carbons (Fsp3) is 0.667. The van der Waals surface area contributed by atoms with E-state index >= 15 is 0 Å². The van der Waals surface area contributed by atoms with Crippen LogP contribution in [0.5, 0.6) is 5.75 Å². The van der Waals surface area contributed by atoms with E-state index in [4.69, 9.17) is 4.74 Å². The van der Waals surface area contributed by atoms with Crippen molar-refractivity contribution in [3.8, 4) is 5.75 Å². The molecule has 0 fully saturated rings. The topological polar surface area (TPSA) is 21.3 Å². The molecule has 2 rings (SSSR count). The lowest BCUT2D eigenvalue weighted by atomic mass is 9.98. The minimum absolute atomic E-state index is 0.230. The Morgan fingerprint density at radius 3 is 2.85 bits per heavy atom. The van der Waals surface area contributed by atoms with Gasteiger partial charge in [0.25, 0.3) is 0 Å². The van der Waals surface area contributed by atoms with Gasteiger partial charge in [-0.05, 0) is 69.7 Å². The summed E-state index contributed by atoms with van der Waals surface area (Å²) in [5.74, 6) is 1.84. The first-order valence-electron chi connectivity index (χ1n) is 7.94. The van der Waals surface area contributed by atoms with Crippen LogP contribution >= 0.6 is 0 Å². The molecule has 1 aromatic carbocycles. The van der Waals surface area contributed by atoms with Crippen LogP contribution in [0.25, 0.3) is 0 Å². The molecule has 0 radical (unpaired) electrons. The van der Waals surface area contributed by atoms with Crippen LogP contribution in [0.15, 0.2) is 18.2 Å². The average molecular weight is 275 g/mol. The highest BCUT2D eigenvalue weighted by atomic mass is 16.5. The number of aryl methyl sites for hydroxylation is 1. The number of ether oxygens (including phenoxy) is 1. The van der Waals surface area contributed by atoms with Crippen molar-refractivity contribution in [2.75, 3.05) is 13.2 Å². The van der Waals surface area contributed by atoms with Gasteiger partial charge in [0.1, 0.15) is 5.75 Å². The van der Waals surface area contributed by atoms with Crippen LogP contribution < -0.4 is 10.1 Å². The highest BCUT2D eigenvalue weighted by Crippen LogP contribution is 2.26. The molecule has 1 heterocycles. The van der Waals surface area contributed by atoms with Crippen LogP contribution in [0.1, 0.15) is 51.7 Å².